The molecule has 0 bridgehead atoms. The number of ketones is 1. The Morgan fingerprint density at radius 2 is 1.72 bits per heavy atom. The molecule has 2 aromatic carbocycles. The van der Waals surface area contributed by atoms with Crippen LogP contribution in [0.1, 0.15) is 28.5 Å². The minimum absolute atomic E-state index is 0.0916. The van der Waals surface area contributed by atoms with Gasteiger partial charge in [0, 0.05) is 11.6 Å². The Labute approximate surface area is 165 Å². The fraction of sp³-hybridized carbons (Fsp3) is 0.136. The second-order valence-corrected chi connectivity index (χ2v) is 6.88. The number of aliphatic hydroxyl groups excluding tert-OH is 1. The lowest BCUT2D eigenvalue weighted by Gasteiger charge is -2.22. The number of aromatic nitrogens is 1. The molecule has 146 valence electrons. The van der Waals surface area contributed by atoms with Crippen molar-refractivity contribution in [3.63, 3.8) is 0 Å². The number of rotatable bonds is 3. The minimum atomic E-state index is -0.971. The van der Waals surface area contributed by atoms with Crippen LogP contribution in [0.2, 0.25) is 0 Å². The van der Waals surface area contributed by atoms with E-state index in [1.54, 1.807) is 31.2 Å². The number of hydrogen-bond acceptors (Lipinski definition) is 5. The number of amides is 1. The third-order valence-electron chi connectivity index (χ3n) is 4.82. The molecule has 1 aliphatic heterocycles. The van der Waals surface area contributed by atoms with E-state index in [1.807, 2.05) is 6.92 Å². The molecule has 1 fully saturated rings. The van der Waals surface area contributed by atoms with Crippen molar-refractivity contribution in [1.82, 2.24) is 5.16 Å². The van der Waals surface area contributed by atoms with Crippen molar-refractivity contribution in [2.45, 2.75) is 19.9 Å². The first-order valence-corrected chi connectivity index (χ1v) is 8.93. The summed E-state index contributed by atoms with van der Waals surface area (Å²) < 4.78 is 18.5. The lowest BCUT2D eigenvalue weighted by molar-refractivity contribution is -0.132. The fourth-order valence-corrected chi connectivity index (χ4v) is 3.36. The molecule has 0 radical (unpaired) electrons. The summed E-state index contributed by atoms with van der Waals surface area (Å²) in [6.07, 6.45) is 0. The molecule has 1 aliphatic rings. The topological polar surface area (TPSA) is 83.6 Å². The van der Waals surface area contributed by atoms with Gasteiger partial charge in [-0.05, 0) is 31.5 Å². The summed E-state index contributed by atoms with van der Waals surface area (Å²) in [7, 11) is 0. The van der Waals surface area contributed by atoms with E-state index in [9.17, 15) is 19.1 Å². The quantitative estimate of drug-likeness (QED) is 0.413. The predicted octanol–water partition coefficient (Wildman–Crippen LogP) is 4.06. The van der Waals surface area contributed by atoms with E-state index in [1.165, 1.54) is 30.3 Å². The van der Waals surface area contributed by atoms with Crippen LogP contribution in [0.25, 0.3) is 5.76 Å². The second-order valence-electron chi connectivity index (χ2n) is 6.88. The van der Waals surface area contributed by atoms with Crippen molar-refractivity contribution in [1.29, 1.82) is 0 Å². The first-order valence-electron chi connectivity index (χ1n) is 8.93. The first-order chi connectivity index (χ1) is 13.9. The van der Waals surface area contributed by atoms with Gasteiger partial charge in [-0.25, -0.2) is 4.39 Å². The van der Waals surface area contributed by atoms with Crippen LogP contribution in [-0.2, 0) is 9.59 Å². The van der Waals surface area contributed by atoms with Gasteiger partial charge >= 0.3 is 5.91 Å². The summed E-state index contributed by atoms with van der Waals surface area (Å²) in [5.74, 6) is -1.86. The molecule has 2 heterocycles. The summed E-state index contributed by atoms with van der Waals surface area (Å²) in [5, 5.41) is 14.8. The average molecular weight is 392 g/mol. The Kier molecular flexibility index (Phi) is 4.50. The lowest BCUT2D eigenvalue weighted by Crippen LogP contribution is -2.29. The molecule has 1 amide bonds. The van der Waals surface area contributed by atoms with Gasteiger partial charge in [0.25, 0.3) is 5.78 Å². The monoisotopic (exact) mass is 392 g/mol. The fourth-order valence-electron chi connectivity index (χ4n) is 3.36. The minimum Gasteiger partial charge on any atom is -0.507 e. The van der Waals surface area contributed by atoms with Crippen LogP contribution in [0.15, 0.2) is 64.7 Å². The zero-order valence-electron chi connectivity index (χ0n) is 15.7. The number of anilines is 1. The number of carbonyl (C=O) groups is 2. The second kappa shape index (κ2) is 7.01. The number of halogens is 1. The molecule has 6 nitrogen and oxygen atoms in total. The standard InChI is InChI=1S/C22H17FN2O4/c1-12-3-5-15(6-4-12)20(26)18-19(14-7-9-16(23)10-8-14)25(22(28)21(18)27)17-11-13(2)29-24-17/h3-11,19,26H,1-2H3/t19-/m1/s1. The van der Waals surface area contributed by atoms with Crippen molar-refractivity contribution in [3.05, 3.63) is 88.4 Å². The first kappa shape index (κ1) is 18.6. The van der Waals surface area contributed by atoms with E-state index in [0.29, 0.717) is 16.9 Å². The average Bonchev–Trinajstić information content (AvgIpc) is 3.24. The highest BCUT2D eigenvalue weighted by molar-refractivity contribution is 6.51. The van der Waals surface area contributed by atoms with Gasteiger partial charge in [0.15, 0.2) is 5.82 Å². The summed E-state index contributed by atoms with van der Waals surface area (Å²) >= 11 is 0. The number of aliphatic hydroxyl groups is 1. The molecule has 1 aromatic heterocycles. The molecular weight excluding hydrogens is 375 g/mol. The highest BCUT2D eigenvalue weighted by Gasteiger charge is 2.48. The van der Waals surface area contributed by atoms with Gasteiger partial charge in [-0.1, -0.05) is 47.1 Å². The molecule has 4 rings (SSSR count). The number of benzene rings is 2. The van der Waals surface area contributed by atoms with Gasteiger partial charge in [0.05, 0.1) is 11.6 Å². The van der Waals surface area contributed by atoms with Crippen LogP contribution in [0, 0.1) is 19.7 Å². The number of nitrogens with zero attached hydrogens (tertiary/aromatic N) is 2. The van der Waals surface area contributed by atoms with Crippen LogP contribution in [0.5, 0.6) is 0 Å². The van der Waals surface area contributed by atoms with E-state index in [4.69, 9.17) is 4.52 Å². The molecule has 7 heteroatoms. The molecule has 0 saturated carbocycles. The molecule has 0 unspecified atom stereocenters. The van der Waals surface area contributed by atoms with Gasteiger partial charge in [-0.3, -0.25) is 14.5 Å². The summed E-state index contributed by atoms with van der Waals surface area (Å²) in [6, 6.07) is 12.9. The summed E-state index contributed by atoms with van der Waals surface area (Å²) in [6.45, 7) is 3.56. The maximum Gasteiger partial charge on any atom is 0.301 e. The molecule has 29 heavy (non-hydrogen) atoms. The largest absolute Gasteiger partial charge is 0.507 e. The summed E-state index contributed by atoms with van der Waals surface area (Å²) in [5.41, 5.74) is 1.75. The molecule has 0 aliphatic carbocycles. The number of hydrogen-bond donors (Lipinski definition) is 1. The van der Waals surface area contributed by atoms with Gasteiger partial charge in [-0.2, -0.15) is 0 Å². The maximum absolute atomic E-state index is 13.5. The predicted molar refractivity (Wildman–Crippen MR) is 104 cm³/mol. The van der Waals surface area contributed by atoms with Crippen molar-refractivity contribution >= 4 is 23.3 Å². The van der Waals surface area contributed by atoms with Gasteiger partial charge < -0.3 is 9.63 Å². The zero-order chi connectivity index (χ0) is 20.7. The van der Waals surface area contributed by atoms with Crippen molar-refractivity contribution in [2.24, 2.45) is 0 Å². The van der Waals surface area contributed by atoms with E-state index in [-0.39, 0.29) is 17.2 Å². The third-order valence-corrected chi connectivity index (χ3v) is 4.82. The van der Waals surface area contributed by atoms with Crippen LogP contribution >= 0.6 is 0 Å². The van der Waals surface area contributed by atoms with Crippen LogP contribution in [-0.4, -0.2) is 22.0 Å². The van der Waals surface area contributed by atoms with Crippen molar-refractivity contribution in [3.8, 4) is 0 Å². The molecule has 1 saturated heterocycles. The highest BCUT2D eigenvalue weighted by atomic mass is 19.1. The maximum atomic E-state index is 13.5. The van der Waals surface area contributed by atoms with E-state index >= 15 is 0 Å². The number of Topliss-reactive ketones (excluding diaryl/α,β-unsaturated/α-hetero) is 1. The summed E-state index contributed by atoms with van der Waals surface area (Å²) in [4.78, 5) is 26.9. The molecule has 3 aromatic rings. The number of carbonyl (C=O) groups excluding carboxylic acids is 2. The van der Waals surface area contributed by atoms with Gasteiger partial charge in [-0.15, -0.1) is 0 Å². The smallest absolute Gasteiger partial charge is 0.301 e. The van der Waals surface area contributed by atoms with Crippen LogP contribution in [0.4, 0.5) is 10.2 Å². The number of aryl methyl sites for hydroxylation is 2. The zero-order valence-corrected chi connectivity index (χ0v) is 15.7. The van der Waals surface area contributed by atoms with E-state index in [0.717, 1.165) is 10.5 Å². The molecule has 1 N–H and O–H groups in total. The van der Waals surface area contributed by atoms with E-state index in [2.05, 4.69) is 5.16 Å². The normalized spacial score (nSPS) is 18.4. The highest BCUT2D eigenvalue weighted by Crippen LogP contribution is 2.41. The van der Waals surface area contributed by atoms with Crippen LogP contribution < -0.4 is 4.90 Å². The van der Waals surface area contributed by atoms with Crippen molar-refractivity contribution in [2.75, 3.05) is 4.90 Å². The Hall–Kier alpha value is -3.74. The van der Waals surface area contributed by atoms with Crippen LogP contribution in [0.3, 0.4) is 0 Å². The lowest BCUT2D eigenvalue weighted by atomic mass is 9.95. The Morgan fingerprint density at radius 3 is 2.31 bits per heavy atom. The molecular formula is C22H17FN2O4. The molecule has 1 atom stereocenters. The van der Waals surface area contributed by atoms with Gasteiger partial charge in [0.1, 0.15) is 17.3 Å². The van der Waals surface area contributed by atoms with Gasteiger partial charge in [0.2, 0.25) is 0 Å². The van der Waals surface area contributed by atoms with E-state index < -0.39 is 23.5 Å². The molecule has 0 spiro atoms. The third kappa shape index (κ3) is 3.20. The Balaban J connectivity index is 1.93. The SMILES string of the molecule is Cc1ccc(C(O)=C2C(=O)C(=O)N(c3cc(C)on3)[C@@H]2c2ccc(F)cc2)cc1. The van der Waals surface area contributed by atoms with Crippen molar-refractivity contribution < 1.29 is 23.6 Å². The Morgan fingerprint density at radius 1 is 1.07 bits per heavy atom. The Bertz CT molecular complexity index is 1130.